The van der Waals surface area contributed by atoms with E-state index in [0.717, 1.165) is 72.5 Å². The first-order chi connectivity index (χ1) is 31.3. The molecule has 0 radical (unpaired) electrons. The number of anilines is 2. The number of ether oxygens (including phenoxy) is 2. The van der Waals surface area contributed by atoms with Crippen molar-refractivity contribution < 1.29 is 28.7 Å². The lowest BCUT2D eigenvalue weighted by Crippen LogP contribution is -2.39. The number of thiazole rings is 2. The van der Waals surface area contributed by atoms with E-state index in [1.54, 1.807) is 57.3 Å². The van der Waals surface area contributed by atoms with Crippen LogP contribution in [0, 0.1) is 0 Å². The second kappa shape index (κ2) is 21.5. The van der Waals surface area contributed by atoms with Crippen LogP contribution in [0.5, 0.6) is 0 Å². The topological polar surface area (TPSA) is 184 Å². The van der Waals surface area contributed by atoms with Gasteiger partial charge >= 0.3 is 12.2 Å². The maximum absolute atomic E-state index is 12.7. The summed E-state index contributed by atoms with van der Waals surface area (Å²) < 4.78 is 13.2. The highest BCUT2D eigenvalue weighted by Gasteiger charge is 2.33. The van der Waals surface area contributed by atoms with Crippen molar-refractivity contribution in [1.82, 2.24) is 40.0 Å². The fraction of sp³-hybridized carbons (Fsp3) is 0.435. The Morgan fingerprint density at radius 1 is 0.742 bits per heavy atom. The zero-order valence-electron chi connectivity index (χ0n) is 39.1. The lowest BCUT2D eigenvalue weighted by atomic mass is 10.0. The maximum atomic E-state index is 12.7. The van der Waals surface area contributed by atoms with Gasteiger partial charge in [-0.1, -0.05) is 6.58 Å². The lowest BCUT2D eigenvalue weighted by molar-refractivity contribution is -0.116. The summed E-state index contributed by atoms with van der Waals surface area (Å²) >= 11 is 6.15. The Balaban J connectivity index is 0.000000207. The number of amides is 4. The third kappa shape index (κ3) is 12.7. The Hall–Kier alpha value is -5.38. The number of pyridine rings is 2. The Bertz CT molecular complexity index is 2640. The molecule has 0 saturated heterocycles. The molecule has 0 atom stereocenters. The summed E-state index contributed by atoms with van der Waals surface area (Å²) in [4.78, 5) is 75.3. The third-order valence-corrected chi connectivity index (χ3v) is 14.1. The van der Waals surface area contributed by atoms with Crippen molar-refractivity contribution in [1.29, 1.82) is 0 Å². The number of hydrogen-bond donors (Lipinski definition) is 3. The zero-order valence-corrected chi connectivity index (χ0v) is 42.4. The molecule has 0 spiro atoms. The Morgan fingerprint density at radius 2 is 1.18 bits per heavy atom. The molecule has 352 valence electrons. The predicted molar refractivity (Wildman–Crippen MR) is 268 cm³/mol. The Labute approximate surface area is 401 Å². The van der Waals surface area contributed by atoms with E-state index in [0.29, 0.717) is 52.0 Å². The molecule has 20 heteroatoms. The number of nitrogens with zero attached hydrogens (tertiary/aromatic N) is 7. The summed E-state index contributed by atoms with van der Waals surface area (Å²) in [6.45, 7) is 17.4. The summed E-state index contributed by atoms with van der Waals surface area (Å²) in [7, 11) is 7.64. The van der Waals surface area contributed by atoms with Crippen LogP contribution in [0.15, 0.2) is 49.6 Å². The smallest absolute Gasteiger partial charge is 0.410 e. The van der Waals surface area contributed by atoms with Gasteiger partial charge in [0.15, 0.2) is 0 Å². The van der Waals surface area contributed by atoms with Gasteiger partial charge in [0.05, 0.1) is 34.9 Å². The van der Waals surface area contributed by atoms with Crippen LogP contribution in [0.4, 0.5) is 19.6 Å². The first-order valence-corrected chi connectivity index (χ1v) is 24.7. The van der Waals surface area contributed by atoms with Crippen molar-refractivity contribution in [3.8, 4) is 21.1 Å². The van der Waals surface area contributed by atoms with Crippen LogP contribution in [0.2, 0.25) is 0 Å². The third-order valence-electron chi connectivity index (χ3n) is 9.69. The van der Waals surface area contributed by atoms with Gasteiger partial charge in [-0.05, 0) is 112 Å². The van der Waals surface area contributed by atoms with Crippen molar-refractivity contribution in [3.63, 3.8) is 0 Å². The van der Waals surface area contributed by atoms with Gasteiger partial charge in [0.2, 0.25) is 11.8 Å². The molecule has 8 heterocycles. The van der Waals surface area contributed by atoms with Crippen LogP contribution < -0.4 is 16.0 Å². The standard InChI is InChI=1S/C23H29N5O3S2.C21H22N4O3S2.C2H7N/c1-23(2,3)31-22(30)28-11-7-14-17(13-28)33-21(26-18(29)8-10-27(4)5)19(14)20-25-15-12-24-9-6-16(15)32-20;1-5-16(26)24-19-17(18-23-13-10-22-8-6-14(13)29-18)12-7-9-25(11-15(12)30-19)20(27)28-21(2,3)4;1-3-2/h6,9,12H,7-8,10-11,13H2,1-5H3,(H,26,29);5-6,8,10H,1,7,9,11H2,2-4H3,(H,24,26);3H,1-2H3. The van der Waals surface area contributed by atoms with Gasteiger partial charge in [0.1, 0.15) is 42.3 Å². The molecule has 6 aromatic heterocycles. The van der Waals surface area contributed by atoms with Crippen molar-refractivity contribution in [2.24, 2.45) is 0 Å². The van der Waals surface area contributed by atoms with Crippen molar-refractivity contribution in [2.75, 3.05) is 58.5 Å². The summed E-state index contributed by atoms with van der Waals surface area (Å²) in [5.74, 6) is -0.308. The molecule has 8 rings (SSSR count). The van der Waals surface area contributed by atoms with E-state index < -0.39 is 11.2 Å². The molecule has 6 aromatic rings. The Kier molecular flexibility index (Phi) is 16.3. The summed E-state index contributed by atoms with van der Waals surface area (Å²) in [6.07, 6.45) is 9.36. The molecule has 66 heavy (non-hydrogen) atoms. The average Bonchev–Trinajstić information content (AvgIpc) is 4.03. The molecule has 0 aromatic carbocycles. The summed E-state index contributed by atoms with van der Waals surface area (Å²) in [5, 5.41) is 12.0. The van der Waals surface area contributed by atoms with Crippen LogP contribution in [0.25, 0.3) is 41.6 Å². The van der Waals surface area contributed by atoms with E-state index in [2.05, 4.69) is 32.5 Å². The molecule has 0 saturated carbocycles. The second-order valence-corrected chi connectivity index (χ2v) is 22.0. The predicted octanol–water partition coefficient (Wildman–Crippen LogP) is 9.28. The molecule has 0 bridgehead atoms. The average molecular weight is 975 g/mol. The highest BCUT2D eigenvalue weighted by molar-refractivity contribution is 7.23. The van der Waals surface area contributed by atoms with E-state index in [1.807, 2.05) is 86.8 Å². The molecule has 4 amide bonds. The largest absolute Gasteiger partial charge is 0.444 e. The number of rotatable bonds is 8. The fourth-order valence-electron chi connectivity index (χ4n) is 6.85. The molecule has 0 unspecified atom stereocenters. The molecule has 16 nitrogen and oxygen atoms in total. The van der Waals surface area contributed by atoms with Gasteiger partial charge < -0.3 is 40.1 Å². The minimum Gasteiger partial charge on any atom is -0.444 e. The monoisotopic (exact) mass is 974 g/mol. The second-order valence-electron chi connectivity index (χ2n) is 17.7. The van der Waals surface area contributed by atoms with Crippen LogP contribution in [-0.2, 0) is 45.0 Å². The highest BCUT2D eigenvalue weighted by atomic mass is 32.1. The maximum Gasteiger partial charge on any atom is 0.410 e. The summed E-state index contributed by atoms with van der Waals surface area (Å²) in [6, 6.07) is 3.89. The molecule has 3 N–H and O–H groups in total. The number of carbonyl (C=O) groups is 4. The van der Waals surface area contributed by atoms with Gasteiger partial charge in [-0.25, -0.2) is 19.6 Å². The first-order valence-electron chi connectivity index (χ1n) is 21.4. The van der Waals surface area contributed by atoms with Gasteiger partial charge in [-0.15, -0.1) is 45.3 Å². The quantitative estimate of drug-likeness (QED) is 0.123. The normalized spacial score (nSPS) is 13.5. The van der Waals surface area contributed by atoms with Gasteiger partial charge in [-0.2, -0.15) is 0 Å². The van der Waals surface area contributed by atoms with Gasteiger partial charge in [-0.3, -0.25) is 19.6 Å². The Morgan fingerprint density at radius 3 is 1.58 bits per heavy atom. The van der Waals surface area contributed by atoms with Crippen LogP contribution >= 0.6 is 45.3 Å². The van der Waals surface area contributed by atoms with E-state index in [4.69, 9.17) is 19.4 Å². The van der Waals surface area contributed by atoms with Gasteiger partial charge in [0.25, 0.3) is 0 Å². The van der Waals surface area contributed by atoms with Crippen LogP contribution in [0.3, 0.4) is 0 Å². The highest BCUT2D eigenvalue weighted by Crippen LogP contribution is 2.47. The molecular formula is C46H58N10O6S4. The van der Waals surface area contributed by atoms with Crippen molar-refractivity contribution in [3.05, 3.63) is 70.5 Å². The van der Waals surface area contributed by atoms with Crippen molar-refractivity contribution in [2.45, 2.75) is 85.1 Å². The first kappa shape index (κ1) is 50.0. The van der Waals surface area contributed by atoms with E-state index in [9.17, 15) is 19.2 Å². The minimum absolute atomic E-state index is 0.0321. The number of fused-ring (bicyclic) bond motifs is 4. The number of nitrogens with one attached hydrogen (secondary N) is 3. The van der Waals surface area contributed by atoms with E-state index >= 15 is 0 Å². The fourth-order valence-corrected chi connectivity index (χ4v) is 11.6. The lowest BCUT2D eigenvalue weighted by Gasteiger charge is -2.30. The van der Waals surface area contributed by atoms with E-state index in [1.165, 1.54) is 28.7 Å². The molecule has 0 fully saturated rings. The number of carbonyl (C=O) groups excluding carboxylic acids is 4. The van der Waals surface area contributed by atoms with Crippen LogP contribution in [0.1, 0.15) is 68.8 Å². The zero-order chi connectivity index (χ0) is 47.9. The molecule has 2 aliphatic rings. The number of hydrogen-bond acceptors (Lipinski definition) is 16. The molecular weight excluding hydrogens is 917 g/mol. The van der Waals surface area contributed by atoms with Crippen LogP contribution in [-0.4, -0.2) is 118 Å². The minimum atomic E-state index is -0.546. The molecule has 2 aliphatic heterocycles. The van der Waals surface area contributed by atoms with Crippen molar-refractivity contribution >= 4 is 99.8 Å². The van der Waals surface area contributed by atoms with Gasteiger partial charge in [0, 0.05) is 59.3 Å². The number of thiophene rings is 2. The van der Waals surface area contributed by atoms with E-state index in [-0.39, 0.29) is 24.0 Å². The number of aromatic nitrogens is 4. The summed E-state index contributed by atoms with van der Waals surface area (Å²) in [5.41, 5.74) is 4.74. The SMILES string of the molecule is C=CC(=O)Nc1sc2c(c1-c1nc3cnccc3s1)CCN(C(=O)OC(C)(C)C)C2.CN(C)CCC(=O)Nc1sc2c(c1-c1nc3cnccc3s1)CCN(C(=O)OC(C)(C)C)C2.CNC. The molecule has 0 aliphatic carbocycles.